The molecule has 3 aromatic carbocycles. The van der Waals surface area contributed by atoms with Crippen molar-refractivity contribution >= 4 is 44.3 Å². The van der Waals surface area contributed by atoms with Crippen LogP contribution in [0.2, 0.25) is 0 Å². The predicted octanol–water partition coefficient (Wildman–Crippen LogP) is 7.44. The standard InChI is InChI=1S/C25H21FN2OS.CH2O3/c26-20-15-19(16-9-11-18(12-10-16)24(29)17-5-1-2-6-17)13-14-21(20)27-25-28-22-7-3-4-8-23(22)30-25;2-1(3)4/h3-4,7-15,17H,1-2,5-6H2,(H,27,28);(H2,2,3,4). The van der Waals surface area contributed by atoms with Crippen molar-refractivity contribution in [3.8, 4) is 11.1 Å². The average Bonchev–Trinajstić information content (AvgIpc) is 3.49. The van der Waals surface area contributed by atoms with E-state index in [2.05, 4.69) is 10.3 Å². The molecule has 1 saturated carbocycles. The number of hydrogen-bond acceptors (Lipinski definition) is 5. The Bertz CT molecular complexity index is 1280. The summed E-state index contributed by atoms with van der Waals surface area (Å²) in [7, 11) is 0. The van der Waals surface area contributed by atoms with Gasteiger partial charge in [0.15, 0.2) is 10.9 Å². The molecule has 0 radical (unpaired) electrons. The molecule has 0 unspecified atom stereocenters. The van der Waals surface area contributed by atoms with Crippen LogP contribution in [0.1, 0.15) is 36.0 Å². The molecule has 1 aliphatic rings. The quantitative estimate of drug-likeness (QED) is 0.258. The molecule has 0 aliphatic heterocycles. The van der Waals surface area contributed by atoms with Crippen LogP contribution in [0.25, 0.3) is 21.3 Å². The first-order chi connectivity index (χ1) is 16.4. The third kappa shape index (κ3) is 5.58. The highest BCUT2D eigenvalue weighted by Gasteiger charge is 2.23. The van der Waals surface area contributed by atoms with Gasteiger partial charge in [-0.05, 0) is 48.2 Å². The Balaban J connectivity index is 0.000000636. The van der Waals surface area contributed by atoms with Crippen molar-refractivity contribution in [3.05, 3.63) is 78.1 Å². The summed E-state index contributed by atoms with van der Waals surface area (Å²) in [5.74, 6) is 0.0691. The van der Waals surface area contributed by atoms with Gasteiger partial charge in [0, 0.05) is 11.5 Å². The molecular weight excluding hydrogens is 455 g/mol. The van der Waals surface area contributed by atoms with Gasteiger partial charge in [-0.2, -0.15) is 0 Å². The molecule has 1 heterocycles. The lowest BCUT2D eigenvalue weighted by Gasteiger charge is -2.10. The van der Waals surface area contributed by atoms with E-state index in [1.165, 1.54) is 17.4 Å². The number of ketones is 1. The normalized spacial score (nSPS) is 13.3. The van der Waals surface area contributed by atoms with Gasteiger partial charge in [0.25, 0.3) is 0 Å². The Hall–Kier alpha value is -3.78. The highest BCUT2D eigenvalue weighted by atomic mass is 32.1. The van der Waals surface area contributed by atoms with Crippen molar-refractivity contribution in [2.45, 2.75) is 25.7 Å². The number of hydrogen-bond donors (Lipinski definition) is 3. The number of nitrogens with one attached hydrogen (secondary N) is 1. The molecule has 34 heavy (non-hydrogen) atoms. The lowest BCUT2D eigenvalue weighted by atomic mass is 9.94. The number of rotatable bonds is 5. The van der Waals surface area contributed by atoms with E-state index in [0.29, 0.717) is 10.8 Å². The minimum absolute atomic E-state index is 0.168. The van der Waals surface area contributed by atoms with Crippen LogP contribution in [-0.4, -0.2) is 27.1 Å². The van der Waals surface area contributed by atoms with Crippen molar-refractivity contribution in [1.29, 1.82) is 0 Å². The molecular formula is C26H23FN2O4S. The van der Waals surface area contributed by atoms with Gasteiger partial charge in [-0.3, -0.25) is 4.79 Å². The number of benzene rings is 3. The molecule has 6 nitrogen and oxygen atoms in total. The van der Waals surface area contributed by atoms with Gasteiger partial charge in [-0.15, -0.1) is 0 Å². The Morgan fingerprint density at radius 2 is 1.59 bits per heavy atom. The topological polar surface area (TPSA) is 99.5 Å². The number of halogens is 1. The number of para-hydroxylation sites is 1. The molecule has 174 valence electrons. The van der Waals surface area contributed by atoms with Gasteiger partial charge in [0.2, 0.25) is 0 Å². The molecule has 0 bridgehead atoms. The summed E-state index contributed by atoms with van der Waals surface area (Å²) in [4.78, 5) is 25.6. The minimum Gasteiger partial charge on any atom is -0.450 e. The van der Waals surface area contributed by atoms with Gasteiger partial charge in [0.05, 0.1) is 15.9 Å². The van der Waals surface area contributed by atoms with E-state index in [4.69, 9.17) is 15.0 Å². The second-order valence-corrected chi connectivity index (χ2v) is 9.04. The summed E-state index contributed by atoms with van der Waals surface area (Å²) in [6.45, 7) is 0. The van der Waals surface area contributed by atoms with Crippen molar-refractivity contribution in [2.24, 2.45) is 5.92 Å². The first kappa shape index (κ1) is 23.4. The molecule has 1 aliphatic carbocycles. The Morgan fingerprint density at radius 1 is 0.941 bits per heavy atom. The molecule has 4 aromatic rings. The number of aromatic nitrogens is 1. The second-order valence-electron chi connectivity index (χ2n) is 8.01. The number of fused-ring (bicyclic) bond motifs is 1. The summed E-state index contributed by atoms with van der Waals surface area (Å²) in [5.41, 5.74) is 3.71. The fourth-order valence-electron chi connectivity index (χ4n) is 4.09. The SMILES string of the molecule is O=C(O)O.O=C(c1ccc(-c2ccc(Nc3nc4ccccc4s3)c(F)c2)cc1)C1CCCC1. The van der Waals surface area contributed by atoms with E-state index in [1.807, 2.05) is 54.6 Å². The third-order valence-electron chi connectivity index (χ3n) is 5.73. The summed E-state index contributed by atoms with van der Waals surface area (Å²) in [5, 5.41) is 17.7. The first-order valence-electron chi connectivity index (χ1n) is 10.9. The summed E-state index contributed by atoms with van der Waals surface area (Å²) in [6.07, 6.45) is 2.44. The number of anilines is 2. The number of thiazole rings is 1. The largest absolute Gasteiger partial charge is 0.503 e. The van der Waals surface area contributed by atoms with Crippen LogP contribution < -0.4 is 5.32 Å². The third-order valence-corrected chi connectivity index (χ3v) is 6.69. The van der Waals surface area contributed by atoms with Crippen LogP contribution in [0.5, 0.6) is 0 Å². The van der Waals surface area contributed by atoms with Crippen molar-refractivity contribution in [2.75, 3.05) is 5.32 Å². The fraction of sp³-hybridized carbons (Fsp3) is 0.192. The molecule has 1 fully saturated rings. The molecule has 0 saturated heterocycles. The fourth-order valence-corrected chi connectivity index (χ4v) is 4.97. The van der Waals surface area contributed by atoms with Gasteiger partial charge in [-0.1, -0.05) is 66.6 Å². The Kier molecular flexibility index (Phi) is 7.18. The second kappa shape index (κ2) is 10.4. The van der Waals surface area contributed by atoms with E-state index >= 15 is 0 Å². The van der Waals surface area contributed by atoms with Gasteiger partial charge >= 0.3 is 6.16 Å². The van der Waals surface area contributed by atoms with E-state index in [9.17, 15) is 9.18 Å². The van der Waals surface area contributed by atoms with Crippen LogP contribution in [0.3, 0.4) is 0 Å². The van der Waals surface area contributed by atoms with E-state index in [1.54, 1.807) is 6.07 Å². The smallest absolute Gasteiger partial charge is 0.450 e. The van der Waals surface area contributed by atoms with Crippen molar-refractivity contribution in [3.63, 3.8) is 0 Å². The zero-order chi connectivity index (χ0) is 24.1. The monoisotopic (exact) mass is 478 g/mol. The maximum atomic E-state index is 14.7. The zero-order valence-electron chi connectivity index (χ0n) is 18.2. The molecule has 0 amide bonds. The average molecular weight is 479 g/mol. The highest BCUT2D eigenvalue weighted by Crippen LogP contribution is 2.32. The number of Topliss-reactive ketones (excluding diaryl/α,β-unsaturated/α-hetero) is 1. The van der Waals surface area contributed by atoms with Gasteiger partial charge in [-0.25, -0.2) is 14.2 Å². The summed E-state index contributed by atoms with van der Waals surface area (Å²) in [6, 6.07) is 20.5. The summed E-state index contributed by atoms with van der Waals surface area (Å²) >= 11 is 1.50. The van der Waals surface area contributed by atoms with E-state index in [-0.39, 0.29) is 17.5 Å². The van der Waals surface area contributed by atoms with Gasteiger partial charge in [0.1, 0.15) is 5.82 Å². The molecule has 5 rings (SSSR count). The first-order valence-corrected chi connectivity index (χ1v) is 11.7. The zero-order valence-corrected chi connectivity index (χ0v) is 19.0. The van der Waals surface area contributed by atoms with Crippen molar-refractivity contribution < 1.29 is 24.2 Å². The molecule has 1 aromatic heterocycles. The van der Waals surface area contributed by atoms with Crippen LogP contribution in [-0.2, 0) is 0 Å². The minimum atomic E-state index is -1.83. The lowest BCUT2D eigenvalue weighted by Crippen LogP contribution is -2.10. The van der Waals surface area contributed by atoms with Crippen molar-refractivity contribution in [1.82, 2.24) is 4.98 Å². The van der Waals surface area contributed by atoms with Crippen LogP contribution in [0.4, 0.5) is 20.0 Å². The van der Waals surface area contributed by atoms with E-state index in [0.717, 1.165) is 52.6 Å². The molecule has 8 heteroatoms. The Morgan fingerprint density at radius 3 is 2.24 bits per heavy atom. The number of carbonyl (C=O) groups excluding carboxylic acids is 1. The maximum Gasteiger partial charge on any atom is 0.503 e. The van der Waals surface area contributed by atoms with Gasteiger partial charge < -0.3 is 15.5 Å². The lowest BCUT2D eigenvalue weighted by molar-refractivity contribution is 0.0922. The van der Waals surface area contributed by atoms with E-state index < -0.39 is 6.16 Å². The summed E-state index contributed by atoms with van der Waals surface area (Å²) < 4.78 is 15.8. The molecule has 0 spiro atoms. The molecule has 3 N–H and O–H groups in total. The van der Waals surface area contributed by atoms with Crippen LogP contribution in [0.15, 0.2) is 66.7 Å². The van der Waals surface area contributed by atoms with Crippen LogP contribution in [0, 0.1) is 11.7 Å². The predicted molar refractivity (Wildman–Crippen MR) is 132 cm³/mol. The molecule has 0 atom stereocenters. The Labute approximate surface area is 199 Å². The number of carboxylic acid groups (broad SMARTS) is 2. The maximum absolute atomic E-state index is 14.7. The number of carbonyl (C=O) groups is 2. The highest BCUT2D eigenvalue weighted by molar-refractivity contribution is 7.22. The number of nitrogens with zero attached hydrogens (tertiary/aromatic N) is 1. The van der Waals surface area contributed by atoms with Crippen LogP contribution >= 0.6 is 11.3 Å².